The zero-order valence-corrected chi connectivity index (χ0v) is 22.6. The average Bonchev–Trinajstić information content (AvgIpc) is 3.69. The third-order valence-electron chi connectivity index (χ3n) is 6.78. The number of hydrogen-bond donors (Lipinski definition) is 7. The zero-order chi connectivity index (χ0) is 29.1. The van der Waals surface area contributed by atoms with Crippen LogP contribution < -0.4 is 17.0 Å². The van der Waals surface area contributed by atoms with Crippen molar-refractivity contribution in [1.29, 1.82) is 0 Å². The summed E-state index contributed by atoms with van der Waals surface area (Å²) in [6.45, 7) is -5.09. The number of nitrogen functional groups attached to an aromatic ring is 2. The van der Waals surface area contributed by atoms with E-state index in [4.69, 9.17) is 41.8 Å². The molecule has 0 spiro atoms. The number of H-pyrrole nitrogens is 1. The molecule has 6 rings (SSSR count). The maximum absolute atomic E-state index is 12.2. The second-order valence-corrected chi connectivity index (χ2v) is 12.2. The molecule has 3 unspecified atom stereocenters. The Hall–Kier alpha value is -3.17. The van der Waals surface area contributed by atoms with Crippen LogP contribution in [0.25, 0.3) is 22.3 Å². The Morgan fingerprint density at radius 1 is 1.10 bits per heavy atom. The number of aromatic nitrogens is 8. The van der Waals surface area contributed by atoms with Gasteiger partial charge in [0.15, 0.2) is 28.9 Å². The molecule has 21 heteroatoms. The first-order valence-electron chi connectivity index (χ1n) is 12.1. The number of nitrogens with two attached hydrogens (primary N) is 2. The molecule has 0 bridgehead atoms. The van der Waals surface area contributed by atoms with E-state index in [1.165, 1.54) is 23.5 Å². The topological polar surface area (TPSA) is 277 Å². The Morgan fingerprint density at radius 3 is 2.63 bits per heavy atom. The molecule has 2 saturated heterocycles. The predicted molar refractivity (Wildman–Crippen MR) is 141 cm³/mol. The van der Waals surface area contributed by atoms with Crippen LogP contribution >= 0.6 is 6.72 Å². The van der Waals surface area contributed by atoms with Crippen LogP contribution in [0.2, 0.25) is 0 Å². The van der Waals surface area contributed by atoms with Crippen molar-refractivity contribution in [2.45, 2.75) is 49.4 Å². The van der Waals surface area contributed by atoms with E-state index < -0.39 is 61.9 Å². The zero-order valence-electron chi connectivity index (χ0n) is 20.9. The number of nitrogens with zero attached hydrogens (tertiary/aromatic N) is 7. The number of aromatic amines is 1. The molecule has 9 N–H and O–H groups in total. The summed E-state index contributed by atoms with van der Waals surface area (Å²) in [4.78, 5) is 45.7. The highest BCUT2D eigenvalue weighted by Gasteiger charge is 2.48. The molecule has 4 aromatic heterocycles. The van der Waals surface area contributed by atoms with Crippen molar-refractivity contribution >= 4 is 52.6 Å². The van der Waals surface area contributed by atoms with Gasteiger partial charge in [0.2, 0.25) is 5.95 Å². The lowest BCUT2D eigenvalue weighted by molar-refractivity contribution is -0.0547. The van der Waals surface area contributed by atoms with E-state index >= 15 is 0 Å². The maximum Gasteiger partial charge on any atom is 0.325 e. The fourth-order valence-corrected chi connectivity index (χ4v) is 6.22. The monoisotopic (exact) mass is 612 g/mol. The molecular formula is C20H25N10O9PS. The second kappa shape index (κ2) is 10.6. The third-order valence-corrected chi connectivity index (χ3v) is 8.34. The van der Waals surface area contributed by atoms with E-state index in [1.54, 1.807) is 4.57 Å². The van der Waals surface area contributed by atoms with Crippen LogP contribution in [0, 0.1) is 0 Å². The van der Waals surface area contributed by atoms with Crippen molar-refractivity contribution in [3.63, 3.8) is 0 Å². The molecule has 0 aliphatic carbocycles. The molecule has 8 atom stereocenters. The van der Waals surface area contributed by atoms with Crippen molar-refractivity contribution in [3.8, 4) is 0 Å². The summed E-state index contributed by atoms with van der Waals surface area (Å²) < 4.78 is 25.6. The first-order chi connectivity index (χ1) is 19.6. The second-order valence-electron chi connectivity index (χ2n) is 9.36. The minimum absolute atomic E-state index is 0.00960. The fraction of sp³-hybridized carbons (Fsp3) is 0.500. The molecule has 0 amide bonds. The van der Waals surface area contributed by atoms with Gasteiger partial charge in [0.1, 0.15) is 42.5 Å². The summed E-state index contributed by atoms with van der Waals surface area (Å²) in [7, 11) is 0. The van der Waals surface area contributed by atoms with Crippen LogP contribution in [-0.4, -0.2) is 103 Å². The maximum atomic E-state index is 12.2. The van der Waals surface area contributed by atoms with Gasteiger partial charge < -0.3 is 45.7 Å². The molecule has 41 heavy (non-hydrogen) atoms. The molecule has 19 nitrogen and oxygen atoms in total. The molecule has 2 fully saturated rings. The summed E-state index contributed by atoms with van der Waals surface area (Å²) >= 11 is 5.18. The summed E-state index contributed by atoms with van der Waals surface area (Å²) in [6, 6.07) is 0. The number of fused-ring (bicyclic) bond motifs is 2. The Bertz CT molecular complexity index is 1700. The first kappa shape index (κ1) is 28.0. The van der Waals surface area contributed by atoms with E-state index in [1.807, 2.05) is 0 Å². The molecule has 4 aromatic rings. The van der Waals surface area contributed by atoms with Crippen LogP contribution in [0.1, 0.15) is 18.9 Å². The summed E-state index contributed by atoms with van der Waals surface area (Å²) in [6.07, 6.45) is -3.72. The van der Waals surface area contributed by atoms with Crippen LogP contribution in [0.4, 0.5) is 11.8 Å². The molecule has 2 aliphatic heterocycles. The molecule has 0 radical (unpaired) electrons. The summed E-state index contributed by atoms with van der Waals surface area (Å²) in [5.41, 5.74) is 11.6. The molecular weight excluding hydrogens is 587 g/mol. The predicted octanol–water partition coefficient (Wildman–Crippen LogP) is -2.36. The number of imidazole rings is 2. The standard InChI is InChI=1S/C20H25N10O9PS/c21-15-11-16(24-4-23-15)29(5-25-11)10-1-7(32)9(37-10)3-36-40(35,41)39-14-13(33)8(2-31)38-19(14)30-6-26-12-17(30)27-20(22)28-18(12)34/h4-10,13-14,19,31-33H,1-3H2,(H,35,41)(H2,21,23,24)(H3,22,27,28,34)/t7?,8-,9-,10-,13?,14+,19-,40?/m1/s1. The minimum atomic E-state index is -4.12. The van der Waals surface area contributed by atoms with Crippen molar-refractivity contribution < 1.29 is 38.7 Å². The van der Waals surface area contributed by atoms with Crippen molar-refractivity contribution in [2.24, 2.45) is 0 Å². The molecule has 2 aliphatic rings. The van der Waals surface area contributed by atoms with Crippen LogP contribution in [0.5, 0.6) is 0 Å². The molecule has 6 heterocycles. The molecule has 0 saturated carbocycles. The van der Waals surface area contributed by atoms with E-state index in [0.717, 1.165) is 0 Å². The van der Waals surface area contributed by atoms with Gasteiger partial charge in [-0.1, -0.05) is 0 Å². The highest BCUT2D eigenvalue weighted by Crippen LogP contribution is 2.50. The van der Waals surface area contributed by atoms with Gasteiger partial charge in [-0.2, -0.15) is 4.98 Å². The lowest BCUT2D eigenvalue weighted by Crippen LogP contribution is -2.35. The number of hydrogen-bond acceptors (Lipinski definition) is 16. The Labute approximate surface area is 233 Å². The fourth-order valence-electron chi connectivity index (χ4n) is 4.80. The van der Waals surface area contributed by atoms with Gasteiger partial charge in [-0.25, -0.2) is 19.9 Å². The highest BCUT2D eigenvalue weighted by molar-refractivity contribution is 8.07. The number of rotatable bonds is 8. The number of aliphatic hydroxyl groups excluding tert-OH is 3. The number of nitrogens with one attached hydrogen (secondary N) is 1. The summed E-state index contributed by atoms with van der Waals surface area (Å²) in [5.74, 6) is 0.00229. The van der Waals surface area contributed by atoms with E-state index in [0.29, 0.717) is 11.2 Å². The van der Waals surface area contributed by atoms with Crippen molar-refractivity contribution in [1.82, 2.24) is 39.0 Å². The van der Waals surface area contributed by atoms with E-state index in [2.05, 4.69) is 29.9 Å². The van der Waals surface area contributed by atoms with Gasteiger partial charge in [0.25, 0.3) is 5.56 Å². The minimum Gasteiger partial charge on any atom is -0.394 e. The number of ether oxygens (including phenoxy) is 2. The van der Waals surface area contributed by atoms with Crippen LogP contribution in [0.3, 0.4) is 0 Å². The number of anilines is 2. The van der Waals surface area contributed by atoms with E-state index in [-0.39, 0.29) is 36.0 Å². The SMILES string of the molecule is Nc1nc2c(ncn2[C@@H]2O[C@H](CO)C(O)[C@@H]2OP(O)(=S)OC[C@H]2O[C@@H](n3cnc4c(N)ncnc43)CC2O)c(=O)[nH]1. The lowest BCUT2D eigenvalue weighted by Gasteiger charge is -2.27. The number of aliphatic hydroxyl groups is 3. The Kier molecular flexibility index (Phi) is 7.22. The van der Waals surface area contributed by atoms with Crippen LogP contribution in [0.15, 0.2) is 23.8 Å². The van der Waals surface area contributed by atoms with Gasteiger partial charge in [0.05, 0.1) is 32.0 Å². The normalized spacial score (nSPS) is 29.9. The quantitative estimate of drug-likeness (QED) is 0.102. The smallest absolute Gasteiger partial charge is 0.325 e. The van der Waals surface area contributed by atoms with Crippen molar-refractivity contribution in [2.75, 3.05) is 24.7 Å². The average molecular weight is 613 g/mol. The molecule has 220 valence electrons. The van der Waals surface area contributed by atoms with Gasteiger partial charge in [-0.15, -0.1) is 0 Å². The Morgan fingerprint density at radius 2 is 1.85 bits per heavy atom. The first-order valence-corrected chi connectivity index (χ1v) is 14.7. The Balaban J connectivity index is 1.17. The van der Waals surface area contributed by atoms with Gasteiger partial charge in [-0.05, 0) is 11.8 Å². The van der Waals surface area contributed by atoms with Crippen molar-refractivity contribution in [3.05, 3.63) is 29.3 Å². The highest BCUT2D eigenvalue weighted by atomic mass is 32.5. The van der Waals surface area contributed by atoms with Gasteiger partial charge in [-0.3, -0.25) is 23.4 Å². The van der Waals surface area contributed by atoms with E-state index in [9.17, 15) is 25.0 Å². The summed E-state index contributed by atoms with van der Waals surface area (Å²) in [5, 5.41) is 31.1. The van der Waals surface area contributed by atoms with Gasteiger partial charge in [0, 0.05) is 6.42 Å². The lowest BCUT2D eigenvalue weighted by atomic mass is 10.1. The van der Waals surface area contributed by atoms with Gasteiger partial charge >= 0.3 is 6.72 Å². The molecule has 0 aromatic carbocycles. The largest absolute Gasteiger partial charge is 0.394 e. The third kappa shape index (κ3) is 5.07. The van der Waals surface area contributed by atoms with Crippen LogP contribution in [-0.2, 0) is 30.3 Å².